The normalized spacial score (nSPS) is 15.4. The summed E-state index contributed by atoms with van der Waals surface area (Å²) in [5.41, 5.74) is 2.01. The smallest absolute Gasteiger partial charge is 0.338 e. The molecule has 1 atom stereocenters. The largest absolute Gasteiger partial charge is 0.497 e. The lowest BCUT2D eigenvalue weighted by molar-refractivity contribution is -0.136. The molecule has 0 N–H and O–H groups in total. The van der Waals surface area contributed by atoms with Crippen molar-refractivity contribution in [3.05, 3.63) is 108 Å². The number of ether oxygens (including phenoxy) is 2. The van der Waals surface area contributed by atoms with E-state index >= 15 is 0 Å². The summed E-state index contributed by atoms with van der Waals surface area (Å²) >= 11 is 7.52. The topological polar surface area (TPSA) is 83.0 Å². The number of carbonyl (C=O) groups is 1. The van der Waals surface area contributed by atoms with Crippen molar-refractivity contribution in [3.8, 4) is 17.1 Å². The molecule has 2 aromatic heterocycles. The van der Waals surface area contributed by atoms with Gasteiger partial charge in [0.2, 0.25) is 0 Å². The third kappa shape index (κ3) is 4.19. The van der Waals surface area contributed by atoms with Gasteiger partial charge in [0.25, 0.3) is 5.56 Å². The summed E-state index contributed by atoms with van der Waals surface area (Å²) in [5, 5.41) is 0.572. The van der Waals surface area contributed by atoms with Gasteiger partial charge in [-0.05, 0) is 48.9 Å². The minimum Gasteiger partial charge on any atom is -0.497 e. The molecule has 9 heteroatoms. The molecule has 0 amide bonds. The average Bonchev–Trinajstić information content (AvgIpc) is 3.47. The van der Waals surface area contributed by atoms with Crippen molar-refractivity contribution in [2.75, 3.05) is 14.2 Å². The number of methoxy groups -OCH3 is 2. The molecule has 1 aliphatic heterocycles. The predicted molar refractivity (Wildman–Crippen MR) is 138 cm³/mol. The van der Waals surface area contributed by atoms with Crippen molar-refractivity contribution >= 4 is 35.0 Å². The van der Waals surface area contributed by atoms with Crippen molar-refractivity contribution in [2.24, 2.45) is 4.99 Å². The Labute approximate surface area is 215 Å². The second-order valence-corrected chi connectivity index (χ2v) is 9.44. The molecule has 0 spiro atoms. The van der Waals surface area contributed by atoms with Gasteiger partial charge >= 0.3 is 5.97 Å². The second-order valence-electron chi connectivity index (χ2n) is 8.03. The van der Waals surface area contributed by atoms with Gasteiger partial charge in [-0.2, -0.15) is 0 Å². The van der Waals surface area contributed by atoms with Gasteiger partial charge < -0.3 is 13.9 Å². The van der Waals surface area contributed by atoms with E-state index in [4.69, 9.17) is 25.5 Å². The van der Waals surface area contributed by atoms with Crippen LogP contribution in [0, 0.1) is 0 Å². The van der Waals surface area contributed by atoms with Crippen molar-refractivity contribution in [2.45, 2.75) is 13.0 Å². The van der Waals surface area contributed by atoms with E-state index in [2.05, 4.69) is 4.99 Å². The number of benzene rings is 2. The fourth-order valence-electron chi connectivity index (χ4n) is 4.16. The minimum atomic E-state index is -0.697. The fraction of sp³-hybridized carbons (Fsp3) is 0.148. The van der Waals surface area contributed by atoms with Crippen molar-refractivity contribution in [1.82, 2.24) is 4.57 Å². The van der Waals surface area contributed by atoms with Crippen molar-refractivity contribution in [3.63, 3.8) is 0 Å². The van der Waals surface area contributed by atoms with Crippen LogP contribution in [0.5, 0.6) is 5.75 Å². The molecule has 0 bridgehead atoms. The molecule has 0 saturated heterocycles. The molecule has 0 unspecified atom stereocenters. The van der Waals surface area contributed by atoms with E-state index in [1.165, 1.54) is 23.0 Å². The number of furan rings is 1. The van der Waals surface area contributed by atoms with Crippen LogP contribution in [0.15, 0.2) is 86.1 Å². The van der Waals surface area contributed by atoms with Gasteiger partial charge in [0.05, 0.1) is 41.1 Å². The first kappa shape index (κ1) is 23.8. The Morgan fingerprint density at radius 3 is 2.56 bits per heavy atom. The molecule has 4 aromatic rings. The number of allylic oxidation sites excluding steroid dienone is 1. The zero-order chi connectivity index (χ0) is 25.4. The average molecular weight is 521 g/mol. The number of hydrogen-bond acceptors (Lipinski definition) is 7. The molecule has 0 radical (unpaired) electrons. The van der Waals surface area contributed by atoms with Crippen LogP contribution in [-0.4, -0.2) is 24.8 Å². The third-order valence-electron chi connectivity index (χ3n) is 5.90. The summed E-state index contributed by atoms with van der Waals surface area (Å²) < 4.78 is 18.2. The van der Waals surface area contributed by atoms with Gasteiger partial charge in [0.15, 0.2) is 4.80 Å². The highest BCUT2D eigenvalue weighted by atomic mass is 35.5. The molecular weight excluding hydrogens is 500 g/mol. The van der Waals surface area contributed by atoms with Crippen LogP contribution in [-0.2, 0) is 9.53 Å². The van der Waals surface area contributed by atoms with Crippen LogP contribution in [0.2, 0.25) is 5.02 Å². The predicted octanol–water partition coefficient (Wildman–Crippen LogP) is 4.33. The SMILES string of the molecule is COC(=O)C1=C(C)N=c2s/c(=C/c3ccc(-c4ccccc4Cl)o3)c(=O)n2[C@@H]1c1ccc(OC)cc1. The monoisotopic (exact) mass is 520 g/mol. The van der Waals surface area contributed by atoms with Gasteiger partial charge in [-0.15, -0.1) is 0 Å². The number of carbonyl (C=O) groups excluding carboxylic acids is 1. The van der Waals surface area contributed by atoms with Gasteiger partial charge in [0.1, 0.15) is 17.3 Å². The van der Waals surface area contributed by atoms with E-state index in [9.17, 15) is 9.59 Å². The minimum absolute atomic E-state index is 0.288. The number of thiazole rings is 1. The van der Waals surface area contributed by atoms with E-state index in [1.807, 2.05) is 36.4 Å². The Bertz CT molecular complexity index is 1680. The van der Waals surface area contributed by atoms with Crippen LogP contribution >= 0.6 is 22.9 Å². The Morgan fingerprint density at radius 2 is 1.86 bits per heavy atom. The van der Waals surface area contributed by atoms with Crippen LogP contribution in [0.4, 0.5) is 0 Å². The number of fused-ring (bicyclic) bond motifs is 1. The van der Waals surface area contributed by atoms with Crippen LogP contribution in [0.1, 0.15) is 24.3 Å². The summed E-state index contributed by atoms with van der Waals surface area (Å²) in [5.74, 6) is 1.22. The van der Waals surface area contributed by atoms with E-state index in [0.29, 0.717) is 42.9 Å². The first-order valence-electron chi connectivity index (χ1n) is 11.0. The van der Waals surface area contributed by atoms with Crippen molar-refractivity contribution < 1.29 is 18.7 Å². The quantitative estimate of drug-likeness (QED) is 0.366. The lowest BCUT2D eigenvalue weighted by atomic mass is 9.96. The highest BCUT2D eigenvalue weighted by molar-refractivity contribution is 7.07. The van der Waals surface area contributed by atoms with E-state index in [0.717, 1.165) is 11.1 Å². The Balaban J connectivity index is 1.65. The van der Waals surface area contributed by atoms with Crippen molar-refractivity contribution in [1.29, 1.82) is 0 Å². The molecule has 7 nitrogen and oxygen atoms in total. The van der Waals surface area contributed by atoms with Gasteiger partial charge in [-0.25, -0.2) is 9.79 Å². The lowest BCUT2D eigenvalue weighted by Gasteiger charge is -2.24. The molecule has 182 valence electrons. The summed E-state index contributed by atoms with van der Waals surface area (Å²) in [7, 11) is 2.89. The molecule has 0 fully saturated rings. The standard InChI is InChI=1S/C27H21ClN2O5S/c1-15-23(26(32)34-3)24(16-8-10-17(33-2)11-9-16)30-25(31)22(36-27(30)29-15)14-18-12-13-21(35-18)19-6-4-5-7-20(19)28/h4-14,24H,1-3H3/b22-14+/t24-/m1/s1. The molecule has 5 rings (SSSR count). The highest BCUT2D eigenvalue weighted by Crippen LogP contribution is 2.32. The zero-order valence-corrected chi connectivity index (χ0v) is 21.2. The maximum Gasteiger partial charge on any atom is 0.338 e. The zero-order valence-electron chi connectivity index (χ0n) is 19.7. The van der Waals surface area contributed by atoms with Gasteiger partial charge in [0, 0.05) is 11.6 Å². The molecule has 1 aliphatic rings. The second kappa shape index (κ2) is 9.64. The van der Waals surface area contributed by atoms with E-state index < -0.39 is 12.0 Å². The molecule has 0 saturated carbocycles. The van der Waals surface area contributed by atoms with Crippen LogP contribution in [0.3, 0.4) is 0 Å². The number of hydrogen-bond donors (Lipinski definition) is 0. The van der Waals surface area contributed by atoms with Crippen LogP contribution in [0.25, 0.3) is 17.4 Å². The maximum absolute atomic E-state index is 13.6. The summed E-state index contributed by atoms with van der Waals surface area (Å²) in [6.45, 7) is 1.74. The molecule has 2 aromatic carbocycles. The number of aromatic nitrogens is 1. The van der Waals surface area contributed by atoms with E-state index in [1.54, 1.807) is 44.4 Å². The van der Waals surface area contributed by atoms with Gasteiger partial charge in [-0.3, -0.25) is 9.36 Å². The number of esters is 1. The maximum atomic E-state index is 13.6. The fourth-order valence-corrected chi connectivity index (χ4v) is 5.42. The van der Waals surface area contributed by atoms with Gasteiger partial charge in [-0.1, -0.05) is 47.2 Å². The summed E-state index contributed by atoms with van der Waals surface area (Å²) in [4.78, 5) is 31.4. The molecule has 0 aliphatic carbocycles. The Morgan fingerprint density at radius 1 is 1.11 bits per heavy atom. The Hall–Kier alpha value is -3.88. The first-order valence-corrected chi connectivity index (χ1v) is 12.2. The third-order valence-corrected chi connectivity index (χ3v) is 7.21. The van der Waals surface area contributed by atoms with E-state index in [-0.39, 0.29) is 5.56 Å². The highest BCUT2D eigenvalue weighted by Gasteiger charge is 2.33. The number of halogens is 1. The number of nitrogens with zero attached hydrogens (tertiary/aromatic N) is 2. The Kier molecular flexibility index (Phi) is 6.38. The van der Waals surface area contributed by atoms with Crippen LogP contribution < -0.4 is 19.6 Å². The first-order chi connectivity index (χ1) is 17.4. The molecule has 36 heavy (non-hydrogen) atoms. The summed E-state index contributed by atoms with van der Waals surface area (Å²) in [6, 6.07) is 17.5. The summed E-state index contributed by atoms with van der Waals surface area (Å²) in [6.07, 6.45) is 1.67. The molecular formula is C27H21ClN2O5S. The number of rotatable bonds is 5. The molecule has 3 heterocycles. The lowest BCUT2D eigenvalue weighted by Crippen LogP contribution is -2.39.